The van der Waals surface area contributed by atoms with Crippen LogP contribution in [0.3, 0.4) is 0 Å². The summed E-state index contributed by atoms with van der Waals surface area (Å²) in [7, 11) is 0. The number of hydrogen-bond acceptors (Lipinski definition) is 4. The van der Waals surface area contributed by atoms with E-state index in [0.717, 1.165) is 0 Å². The molecule has 4 heteroatoms. The molecule has 0 amide bonds. The third-order valence-corrected chi connectivity index (χ3v) is 13.2. The monoisotopic (exact) mass is 622 g/mol. The van der Waals surface area contributed by atoms with E-state index in [2.05, 4.69) is 86.6 Å². The first-order valence-electron chi connectivity index (χ1n) is 15.7. The van der Waals surface area contributed by atoms with Crippen LogP contribution in [0.4, 0.5) is 0 Å². The first kappa shape index (κ1) is 28.3. The van der Waals surface area contributed by atoms with Gasteiger partial charge in [-0.15, -0.1) is 45.3 Å². The molecule has 3 aromatic carbocycles. The lowest BCUT2D eigenvalue weighted by atomic mass is 9.99. The van der Waals surface area contributed by atoms with Crippen molar-refractivity contribution in [3.63, 3.8) is 0 Å². The Labute approximate surface area is 265 Å². The van der Waals surface area contributed by atoms with Gasteiger partial charge in [-0.25, -0.2) is 0 Å². The first-order valence-corrected chi connectivity index (χ1v) is 19.0. The highest BCUT2D eigenvalue weighted by Gasteiger charge is 2.12. The second-order valence-electron chi connectivity index (χ2n) is 11.7. The maximum Gasteiger partial charge on any atom is 0.0460 e. The summed E-state index contributed by atoms with van der Waals surface area (Å²) >= 11 is 7.88. The van der Waals surface area contributed by atoms with E-state index in [1.165, 1.54) is 125 Å². The number of fused-ring (bicyclic) bond motifs is 4. The van der Waals surface area contributed by atoms with E-state index in [0.29, 0.717) is 0 Å². The van der Waals surface area contributed by atoms with E-state index in [4.69, 9.17) is 0 Å². The Kier molecular flexibility index (Phi) is 8.50. The smallest absolute Gasteiger partial charge is 0.0460 e. The molecule has 0 atom stereocenters. The lowest BCUT2D eigenvalue weighted by Gasteiger charge is -2.07. The maximum absolute atomic E-state index is 2.44. The van der Waals surface area contributed by atoms with Crippen LogP contribution in [-0.4, -0.2) is 0 Å². The van der Waals surface area contributed by atoms with E-state index < -0.39 is 0 Å². The highest BCUT2D eigenvalue weighted by Crippen LogP contribution is 2.42. The zero-order valence-electron chi connectivity index (χ0n) is 24.6. The van der Waals surface area contributed by atoms with Crippen LogP contribution in [0.25, 0.3) is 61.2 Å². The fourth-order valence-electron chi connectivity index (χ4n) is 6.06. The van der Waals surface area contributed by atoms with Gasteiger partial charge in [0.05, 0.1) is 0 Å². The number of benzene rings is 3. The molecule has 0 radical (unpaired) electrons. The number of aryl methyl sites for hydroxylation is 2. The summed E-state index contributed by atoms with van der Waals surface area (Å²) in [5.74, 6) is 0. The van der Waals surface area contributed by atoms with Crippen LogP contribution < -0.4 is 0 Å². The lowest BCUT2D eigenvalue weighted by molar-refractivity contribution is 0.670. The molecular formula is C38H38S4. The minimum Gasteiger partial charge on any atom is -0.139 e. The van der Waals surface area contributed by atoms with Crippen molar-refractivity contribution in [2.45, 2.75) is 78.1 Å². The van der Waals surface area contributed by atoms with Crippen LogP contribution in [0.1, 0.15) is 75.0 Å². The second kappa shape index (κ2) is 12.6. The molecule has 0 saturated heterocycles. The van der Waals surface area contributed by atoms with Gasteiger partial charge in [0.15, 0.2) is 0 Å². The highest BCUT2D eigenvalue weighted by atomic mass is 32.1. The first-order chi connectivity index (χ1) is 20.7. The predicted octanol–water partition coefficient (Wildman–Crippen LogP) is 14.1. The Morgan fingerprint density at radius 2 is 0.857 bits per heavy atom. The van der Waals surface area contributed by atoms with E-state index in [1.807, 2.05) is 45.3 Å². The Balaban J connectivity index is 1.10. The van der Waals surface area contributed by atoms with Crippen molar-refractivity contribution in [1.29, 1.82) is 0 Å². The van der Waals surface area contributed by atoms with Gasteiger partial charge >= 0.3 is 0 Å². The predicted molar refractivity (Wildman–Crippen MR) is 195 cm³/mol. The van der Waals surface area contributed by atoms with Crippen molar-refractivity contribution in [2.75, 3.05) is 0 Å². The number of thiophene rings is 4. The summed E-state index contributed by atoms with van der Waals surface area (Å²) in [6.07, 6.45) is 13.1. The van der Waals surface area contributed by atoms with Crippen LogP contribution in [0.5, 0.6) is 0 Å². The molecule has 4 aromatic heterocycles. The quantitative estimate of drug-likeness (QED) is 0.0939. The van der Waals surface area contributed by atoms with Crippen LogP contribution in [-0.2, 0) is 12.8 Å². The van der Waals surface area contributed by atoms with Crippen LogP contribution in [0, 0.1) is 0 Å². The van der Waals surface area contributed by atoms with E-state index >= 15 is 0 Å². The van der Waals surface area contributed by atoms with Crippen LogP contribution in [0.2, 0.25) is 0 Å². The molecular weight excluding hydrogens is 585 g/mol. The average molecular weight is 623 g/mol. The molecule has 7 aromatic rings. The zero-order valence-corrected chi connectivity index (χ0v) is 27.9. The minimum absolute atomic E-state index is 1.23. The largest absolute Gasteiger partial charge is 0.139 e. The van der Waals surface area contributed by atoms with Crippen molar-refractivity contribution in [3.05, 3.63) is 82.6 Å². The molecule has 0 aliphatic rings. The molecule has 0 fully saturated rings. The third kappa shape index (κ3) is 5.97. The van der Waals surface area contributed by atoms with Gasteiger partial charge < -0.3 is 0 Å². The minimum atomic E-state index is 1.23. The van der Waals surface area contributed by atoms with Gasteiger partial charge in [0.25, 0.3) is 0 Å². The molecule has 214 valence electrons. The van der Waals surface area contributed by atoms with Crippen molar-refractivity contribution >= 4 is 85.7 Å². The highest BCUT2D eigenvalue weighted by molar-refractivity contribution is 7.30. The summed E-state index contributed by atoms with van der Waals surface area (Å²) < 4.78 is 5.79. The fraction of sp³-hybridized carbons (Fsp3) is 0.316. The summed E-state index contributed by atoms with van der Waals surface area (Å²) in [5.41, 5.74) is 2.67. The van der Waals surface area contributed by atoms with Gasteiger partial charge in [-0.1, -0.05) is 76.6 Å². The zero-order chi connectivity index (χ0) is 28.5. The van der Waals surface area contributed by atoms with Gasteiger partial charge in [-0.2, -0.15) is 0 Å². The van der Waals surface area contributed by atoms with Gasteiger partial charge in [0.2, 0.25) is 0 Å². The van der Waals surface area contributed by atoms with Crippen molar-refractivity contribution in [3.8, 4) is 20.9 Å². The molecule has 0 aliphatic carbocycles. The lowest BCUT2D eigenvalue weighted by Crippen LogP contribution is -1.81. The fourth-order valence-corrected chi connectivity index (χ4v) is 11.0. The molecule has 0 bridgehead atoms. The summed E-state index contributed by atoms with van der Waals surface area (Å²) in [4.78, 5) is 5.86. The third-order valence-electron chi connectivity index (χ3n) is 8.43. The van der Waals surface area contributed by atoms with E-state index in [-0.39, 0.29) is 0 Å². The molecule has 0 spiro atoms. The van der Waals surface area contributed by atoms with Crippen molar-refractivity contribution in [1.82, 2.24) is 0 Å². The average Bonchev–Trinajstić information content (AvgIpc) is 3.76. The Morgan fingerprint density at radius 3 is 1.29 bits per heavy atom. The van der Waals surface area contributed by atoms with Crippen LogP contribution in [0.15, 0.2) is 72.8 Å². The normalized spacial score (nSPS) is 12.0. The SMILES string of the molecule is CCCCCCc1cc2sc(-c3ccc4cc5cc(-c6cc7sc(CCCCCC)cc7s6)ccc5cc4c3)cc2s1. The van der Waals surface area contributed by atoms with E-state index in [1.54, 1.807) is 9.75 Å². The molecule has 0 aliphatic heterocycles. The molecule has 0 saturated carbocycles. The number of unbranched alkanes of at least 4 members (excludes halogenated alkanes) is 6. The molecule has 42 heavy (non-hydrogen) atoms. The van der Waals surface area contributed by atoms with Crippen molar-refractivity contribution < 1.29 is 0 Å². The number of rotatable bonds is 12. The number of hydrogen-bond donors (Lipinski definition) is 0. The molecule has 0 N–H and O–H groups in total. The molecule has 0 nitrogen and oxygen atoms in total. The van der Waals surface area contributed by atoms with Gasteiger partial charge in [-0.05, 0) is 107 Å². The Morgan fingerprint density at radius 1 is 0.405 bits per heavy atom. The standard InChI is InChI=1S/C38H38S4/c1-3-5-7-9-11-31-21-35-37(39-31)23-33(41-35)27-15-13-25-18-30-20-28(16-14-26(30)17-29(25)19-27)34-24-38-36(42-34)22-32(40-38)12-10-8-6-4-2/h13-24H,3-12H2,1-2H3. The van der Waals surface area contributed by atoms with Crippen molar-refractivity contribution in [2.24, 2.45) is 0 Å². The molecule has 4 heterocycles. The van der Waals surface area contributed by atoms with Gasteiger partial charge in [0.1, 0.15) is 0 Å². The maximum atomic E-state index is 2.44. The van der Waals surface area contributed by atoms with E-state index in [9.17, 15) is 0 Å². The van der Waals surface area contributed by atoms with Crippen LogP contribution >= 0.6 is 45.3 Å². The summed E-state index contributed by atoms with van der Waals surface area (Å²) in [6, 6.07) is 28.5. The second-order valence-corrected chi connectivity index (χ2v) is 16.2. The Bertz CT molecular complexity index is 1770. The summed E-state index contributed by atoms with van der Waals surface area (Å²) in [6.45, 7) is 4.57. The topological polar surface area (TPSA) is 0 Å². The van der Waals surface area contributed by atoms with Gasteiger partial charge in [0, 0.05) is 38.3 Å². The molecule has 7 rings (SSSR count). The molecule has 0 unspecified atom stereocenters. The Hall–Kier alpha value is -2.50. The van der Waals surface area contributed by atoms with Gasteiger partial charge in [-0.3, -0.25) is 0 Å². The summed E-state index contributed by atoms with van der Waals surface area (Å²) in [5, 5.41) is 5.28.